The maximum absolute atomic E-state index is 6.17. The highest BCUT2D eigenvalue weighted by molar-refractivity contribution is 6.97. The van der Waals surface area contributed by atoms with Crippen molar-refractivity contribution in [3.8, 4) is 0 Å². The highest BCUT2D eigenvalue weighted by Crippen LogP contribution is 2.17. The van der Waals surface area contributed by atoms with Crippen molar-refractivity contribution in [2.75, 3.05) is 22.9 Å². The Bertz CT molecular complexity index is 1960. The Balaban J connectivity index is 0.000000208. The van der Waals surface area contributed by atoms with Crippen LogP contribution < -0.4 is 55.7 Å². The monoisotopic (exact) mass is 712 g/mol. The lowest BCUT2D eigenvalue weighted by molar-refractivity contribution is 1.34. The third-order valence-corrected chi connectivity index (χ3v) is 10.8. The second-order valence-electron chi connectivity index (χ2n) is 16.0. The van der Waals surface area contributed by atoms with E-state index >= 15 is 0 Å². The number of hydrogen-bond acceptors (Lipinski definition) is 4. The quantitative estimate of drug-likeness (QED) is 0.118. The maximum Gasteiger partial charge on any atom is 0.242 e. The normalized spacial score (nSPS) is 10.9. The molecule has 8 N–H and O–H groups in total. The van der Waals surface area contributed by atoms with Gasteiger partial charge in [0.05, 0.1) is 0 Å². The van der Waals surface area contributed by atoms with Gasteiger partial charge in [0.15, 0.2) is 0 Å². The zero-order valence-corrected chi connectivity index (χ0v) is 34.5. The van der Waals surface area contributed by atoms with E-state index in [9.17, 15) is 0 Å². The Morgan fingerprint density at radius 3 is 0.593 bits per heavy atom. The van der Waals surface area contributed by atoms with Gasteiger partial charge in [0.2, 0.25) is 13.4 Å². The Labute approximate surface area is 325 Å². The van der Waals surface area contributed by atoms with Crippen molar-refractivity contribution >= 4 is 69.0 Å². The molecule has 0 aliphatic heterocycles. The van der Waals surface area contributed by atoms with Gasteiger partial charge in [-0.25, -0.2) is 0 Å². The highest BCUT2D eigenvalue weighted by Gasteiger charge is 2.30. The molecule has 6 rings (SSSR count). The van der Waals surface area contributed by atoms with Crippen molar-refractivity contribution < 1.29 is 0 Å². The smallest absolute Gasteiger partial charge is 0.242 e. The largest absolute Gasteiger partial charge is 0.399 e. The molecule has 6 aromatic rings. The molecule has 0 aliphatic carbocycles. The molecule has 0 spiro atoms. The standard InChI is InChI=1S/2C24H29BN2/c2*1-14-7-16(3)23(17(4)8-14)25(20-11-21(26)13-22(27)12-20)24-18(5)9-15(2)10-19(24)6/h2*7-13H,26-27H2,1-6H3. The number of benzene rings is 6. The first-order valence-corrected chi connectivity index (χ1v) is 19.0. The summed E-state index contributed by atoms with van der Waals surface area (Å²) in [5, 5.41) is 0. The predicted octanol–water partition coefficient (Wildman–Crippen LogP) is 6.44. The number of rotatable bonds is 6. The molecule has 0 fully saturated rings. The molecule has 0 bridgehead atoms. The fourth-order valence-electron chi connectivity index (χ4n) is 9.28. The lowest BCUT2D eigenvalue weighted by atomic mass is 9.34. The van der Waals surface area contributed by atoms with E-state index in [0.29, 0.717) is 22.7 Å². The molecule has 0 radical (unpaired) electrons. The summed E-state index contributed by atoms with van der Waals surface area (Å²) in [6, 6.07) is 30.1. The summed E-state index contributed by atoms with van der Waals surface area (Å²) >= 11 is 0. The first-order chi connectivity index (χ1) is 25.3. The van der Waals surface area contributed by atoms with Crippen LogP contribution in [0.25, 0.3) is 0 Å². The van der Waals surface area contributed by atoms with Crippen LogP contribution in [-0.4, -0.2) is 13.4 Å². The molecular formula is C48H58B2N4. The van der Waals surface area contributed by atoms with Crippen LogP contribution in [0.3, 0.4) is 0 Å². The minimum atomic E-state index is 0.108. The lowest BCUT2D eigenvalue weighted by Gasteiger charge is -2.25. The summed E-state index contributed by atoms with van der Waals surface area (Å²) in [6.45, 7) is 26.5. The average molecular weight is 713 g/mol. The molecule has 4 nitrogen and oxygen atoms in total. The summed E-state index contributed by atoms with van der Waals surface area (Å²) in [5.41, 5.74) is 50.8. The zero-order chi connectivity index (χ0) is 39.8. The third kappa shape index (κ3) is 8.55. The molecule has 0 saturated heterocycles. The summed E-state index contributed by atoms with van der Waals surface area (Å²) in [6.07, 6.45) is 0. The van der Waals surface area contributed by atoms with Crippen LogP contribution in [-0.2, 0) is 0 Å². The van der Waals surface area contributed by atoms with Gasteiger partial charge >= 0.3 is 0 Å². The van der Waals surface area contributed by atoms with Crippen LogP contribution in [0.2, 0.25) is 0 Å². The van der Waals surface area contributed by atoms with E-state index in [2.05, 4.69) is 156 Å². The summed E-state index contributed by atoms with van der Waals surface area (Å²) in [5.74, 6) is 0. The van der Waals surface area contributed by atoms with Crippen LogP contribution in [0, 0.1) is 83.1 Å². The molecule has 0 atom stereocenters. The van der Waals surface area contributed by atoms with E-state index in [-0.39, 0.29) is 13.4 Å². The minimum absolute atomic E-state index is 0.108. The van der Waals surface area contributed by atoms with Crippen LogP contribution in [0.15, 0.2) is 84.9 Å². The second-order valence-corrected chi connectivity index (χ2v) is 16.0. The second kappa shape index (κ2) is 15.9. The molecule has 6 heteroatoms. The Morgan fingerprint density at radius 1 is 0.259 bits per heavy atom. The van der Waals surface area contributed by atoms with Gasteiger partial charge in [0.25, 0.3) is 0 Å². The Hall–Kier alpha value is -5.35. The molecule has 6 aromatic carbocycles. The van der Waals surface area contributed by atoms with Gasteiger partial charge in [-0.05, 0) is 119 Å². The van der Waals surface area contributed by atoms with Crippen molar-refractivity contribution in [3.63, 3.8) is 0 Å². The van der Waals surface area contributed by atoms with E-state index in [4.69, 9.17) is 22.9 Å². The number of nitrogens with two attached hydrogens (primary N) is 4. The number of nitrogen functional groups attached to an aromatic ring is 4. The fraction of sp³-hybridized carbons (Fsp3) is 0.250. The number of anilines is 4. The summed E-state index contributed by atoms with van der Waals surface area (Å²) in [4.78, 5) is 0. The molecule has 54 heavy (non-hydrogen) atoms. The van der Waals surface area contributed by atoms with Gasteiger partial charge in [-0.15, -0.1) is 0 Å². The van der Waals surface area contributed by atoms with Gasteiger partial charge in [-0.1, -0.05) is 148 Å². The summed E-state index contributed by atoms with van der Waals surface area (Å²) in [7, 11) is 0. The fourth-order valence-corrected chi connectivity index (χ4v) is 9.28. The lowest BCUT2D eigenvalue weighted by Crippen LogP contribution is -2.56. The van der Waals surface area contributed by atoms with E-state index in [1.807, 2.05) is 12.1 Å². The van der Waals surface area contributed by atoms with Crippen molar-refractivity contribution in [2.24, 2.45) is 0 Å². The molecule has 0 aromatic heterocycles. The summed E-state index contributed by atoms with van der Waals surface area (Å²) < 4.78 is 0. The zero-order valence-electron chi connectivity index (χ0n) is 34.5. The van der Waals surface area contributed by atoms with Gasteiger partial charge in [-0.3, -0.25) is 0 Å². The van der Waals surface area contributed by atoms with E-state index in [1.54, 1.807) is 0 Å². The first-order valence-electron chi connectivity index (χ1n) is 19.0. The minimum Gasteiger partial charge on any atom is -0.399 e. The highest BCUT2D eigenvalue weighted by atomic mass is 14.6. The van der Waals surface area contributed by atoms with Crippen LogP contribution in [0.4, 0.5) is 22.7 Å². The van der Waals surface area contributed by atoms with Gasteiger partial charge < -0.3 is 22.9 Å². The van der Waals surface area contributed by atoms with Crippen LogP contribution in [0.5, 0.6) is 0 Å². The molecule has 0 aliphatic rings. The van der Waals surface area contributed by atoms with E-state index in [1.165, 1.54) is 88.6 Å². The van der Waals surface area contributed by atoms with Gasteiger partial charge in [0, 0.05) is 22.7 Å². The topological polar surface area (TPSA) is 104 Å². The van der Waals surface area contributed by atoms with Crippen molar-refractivity contribution in [3.05, 3.63) is 152 Å². The predicted molar refractivity (Wildman–Crippen MR) is 242 cm³/mol. The molecule has 0 unspecified atom stereocenters. The van der Waals surface area contributed by atoms with Crippen LogP contribution in [0.1, 0.15) is 66.8 Å². The first kappa shape index (κ1) is 39.8. The van der Waals surface area contributed by atoms with Crippen molar-refractivity contribution in [1.29, 1.82) is 0 Å². The van der Waals surface area contributed by atoms with Gasteiger partial charge in [-0.2, -0.15) is 0 Å². The Morgan fingerprint density at radius 2 is 0.426 bits per heavy atom. The third-order valence-electron chi connectivity index (χ3n) is 10.8. The SMILES string of the molecule is Cc1cc(C)c(B(c2cc(N)cc(N)c2)c2c(C)cc(C)cc2C)c(C)c1.Cc1cc(C)c(B(c2cc(N)cc(N)c2)c2c(C)cc(C)cc2C)c(C)c1. The number of hydrogen-bond donors (Lipinski definition) is 4. The van der Waals surface area contributed by atoms with Gasteiger partial charge in [0.1, 0.15) is 0 Å². The van der Waals surface area contributed by atoms with Crippen molar-refractivity contribution in [1.82, 2.24) is 0 Å². The molecule has 0 heterocycles. The molecule has 276 valence electrons. The molecule has 0 saturated carbocycles. The van der Waals surface area contributed by atoms with Crippen LogP contribution >= 0.6 is 0 Å². The molecular weight excluding hydrogens is 654 g/mol. The molecule has 0 amide bonds. The number of aryl methyl sites for hydroxylation is 12. The average Bonchev–Trinajstić information content (AvgIpc) is 3.01. The maximum atomic E-state index is 6.17. The Kier molecular flexibility index (Phi) is 11.8. The van der Waals surface area contributed by atoms with E-state index < -0.39 is 0 Å². The van der Waals surface area contributed by atoms with Crippen molar-refractivity contribution in [2.45, 2.75) is 83.1 Å². The van der Waals surface area contributed by atoms with E-state index in [0.717, 1.165) is 10.9 Å².